The Morgan fingerprint density at radius 2 is 2.04 bits per heavy atom. The highest BCUT2D eigenvalue weighted by Gasteiger charge is 2.24. The molecule has 8 nitrogen and oxygen atoms in total. The normalized spacial score (nSPS) is 11.0. The van der Waals surface area contributed by atoms with Gasteiger partial charge in [0.2, 0.25) is 0 Å². The van der Waals surface area contributed by atoms with Gasteiger partial charge in [-0.1, -0.05) is 19.9 Å². The average Bonchev–Trinajstić information content (AvgIpc) is 3.01. The Labute approximate surface area is 161 Å². The SMILES string of the molecule is COc1cccc(Nc2ccc([N+](=O)[O-])c3c2cc(C(=O)O)n3CC(C)C)c1. The maximum atomic E-state index is 11.8. The number of hydrogen-bond acceptors (Lipinski definition) is 5. The molecule has 2 N–H and O–H groups in total. The number of nitro groups is 1. The number of aromatic carboxylic acids is 1. The first-order valence-electron chi connectivity index (χ1n) is 8.76. The summed E-state index contributed by atoms with van der Waals surface area (Å²) in [5.74, 6) is -0.353. The number of benzene rings is 2. The molecule has 146 valence electrons. The van der Waals surface area contributed by atoms with Crippen molar-refractivity contribution >= 4 is 33.9 Å². The molecule has 0 bridgehead atoms. The third-order valence-electron chi connectivity index (χ3n) is 4.35. The summed E-state index contributed by atoms with van der Waals surface area (Å²) >= 11 is 0. The molecule has 0 aliphatic rings. The Balaban J connectivity index is 2.23. The highest BCUT2D eigenvalue weighted by Crippen LogP contribution is 2.36. The predicted molar refractivity (Wildman–Crippen MR) is 107 cm³/mol. The van der Waals surface area contributed by atoms with Gasteiger partial charge in [0, 0.05) is 35.4 Å². The Morgan fingerprint density at radius 3 is 2.64 bits per heavy atom. The zero-order valence-electron chi connectivity index (χ0n) is 15.8. The molecule has 0 saturated carbocycles. The van der Waals surface area contributed by atoms with Crippen LogP contribution < -0.4 is 10.1 Å². The van der Waals surface area contributed by atoms with Crippen LogP contribution in [0.3, 0.4) is 0 Å². The van der Waals surface area contributed by atoms with Gasteiger partial charge in [0.25, 0.3) is 5.69 Å². The number of fused-ring (bicyclic) bond motifs is 1. The van der Waals surface area contributed by atoms with Crippen LogP contribution in [0.1, 0.15) is 24.3 Å². The lowest BCUT2D eigenvalue weighted by Crippen LogP contribution is -2.12. The molecule has 1 aromatic heterocycles. The van der Waals surface area contributed by atoms with E-state index >= 15 is 0 Å². The van der Waals surface area contributed by atoms with Crippen LogP contribution in [-0.4, -0.2) is 27.7 Å². The number of methoxy groups -OCH3 is 1. The Kier molecular flexibility index (Phi) is 5.21. The average molecular weight is 383 g/mol. The van der Waals surface area contributed by atoms with Crippen molar-refractivity contribution in [3.63, 3.8) is 0 Å². The zero-order chi connectivity index (χ0) is 20.4. The molecule has 0 aliphatic carbocycles. The summed E-state index contributed by atoms with van der Waals surface area (Å²) in [6.07, 6.45) is 0. The van der Waals surface area contributed by atoms with Crippen molar-refractivity contribution in [1.82, 2.24) is 4.57 Å². The van der Waals surface area contributed by atoms with Gasteiger partial charge in [-0.3, -0.25) is 10.1 Å². The topological polar surface area (TPSA) is 107 Å². The Bertz CT molecular complexity index is 1060. The summed E-state index contributed by atoms with van der Waals surface area (Å²) in [6.45, 7) is 4.22. The molecular formula is C20H21N3O5. The molecule has 0 spiro atoms. The van der Waals surface area contributed by atoms with Crippen molar-refractivity contribution in [3.8, 4) is 5.75 Å². The second kappa shape index (κ2) is 7.59. The van der Waals surface area contributed by atoms with Gasteiger partial charge in [0.1, 0.15) is 17.0 Å². The van der Waals surface area contributed by atoms with Crippen LogP contribution in [0.5, 0.6) is 5.75 Å². The number of carboxylic acids is 1. The molecular weight excluding hydrogens is 362 g/mol. The third kappa shape index (κ3) is 3.62. The fourth-order valence-electron chi connectivity index (χ4n) is 3.21. The number of nitro benzene ring substituents is 1. The van der Waals surface area contributed by atoms with E-state index in [1.807, 2.05) is 26.0 Å². The van der Waals surface area contributed by atoms with E-state index in [2.05, 4.69) is 5.32 Å². The van der Waals surface area contributed by atoms with Crippen LogP contribution >= 0.6 is 0 Å². The molecule has 0 atom stereocenters. The van der Waals surface area contributed by atoms with E-state index in [1.165, 1.54) is 16.7 Å². The standard InChI is InChI=1S/C20H21N3O5/c1-12(2)11-22-18(20(24)25)10-15-16(7-8-17(19(15)22)23(26)27)21-13-5-4-6-14(9-13)28-3/h4-10,12,21H,11H2,1-3H3,(H,24,25). The van der Waals surface area contributed by atoms with Crippen LogP contribution in [0.25, 0.3) is 10.9 Å². The van der Waals surface area contributed by atoms with E-state index in [4.69, 9.17) is 4.74 Å². The molecule has 3 rings (SSSR count). The van der Waals surface area contributed by atoms with Gasteiger partial charge in [0.15, 0.2) is 0 Å². The van der Waals surface area contributed by atoms with Crippen molar-refractivity contribution in [2.45, 2.75) is 20.4 Å². The molecule has 0 saturated heterocycles. The molecule has 0 aliphatic heterocycles. The first kappa shape index (κ1) is 19.2. The number of non-ortho nitro benzene ring substituents is 1. The minimum absolute atomic E-state index is 0.0201. The smallest absolute Gasteiger partial charge is 0.352 e. The number of nitrogens with one attached hydrogen (secondary N) is 1. The lowest BCUT2D eigenvalue weighted by atomic mass is 10.1. The summed E-state index contributed by atoms with van der Waals surface area (Å²) in [6, 6.07) is 11.7. The molecule has 0 unspecified atom stereocenters. The van der Waals surface area contributed by atoms with Gasteiger partial charge in [-0.15, -0.1) is 0 Å². The van der Waals surface area contributed by atoms with Gasteiger partial charge in [-0.25, -0.2) is 4.79 Å². The van der Waals surface area contributed by atoms with Gasteiger partial charge in [-0.05, 0) is 30.2 Å². The second-order valence-corrected chi connectivity index (χ2v) is 6.85. The van der Waals surface area contributed by atoms with E-state index in [0.717, 1.165) is 5.69 Å². The quantitative estimate of drug-likeness (QED) is 0.454. The lowest BCUT2D eigenvalue weighted by Gasteiger charge is -2.13. The predicted octanol–water partition coefficient (Wildman–Crippen LogP) is 4.66. The van der Waals surface area contributed by atoms with E-state index in [9.17, 15) is 20.0 Å². The molecule has 0 fully saturated rings. The molecule has 0 amide bonds. The van der Waals surface area contributed by atoms with Crippen molar-refractivity contribution in [3.05, 3.63) is 58.3 Å². The largest absolute Gasteiger partial charge is 0.497 e. The number of rotatable bonds is 7. The second-order valence-electron chi connectivity index (χ2n) is 6.85. The van der Waals surface area contributed by atoms with E-state index < -0.39 is 10.9 Å². The monoisotopic (exact) mass is 383 g/mol. The van der Waals surface area contributed by atoms with E-state index in [1.54, 1.807) is 25.3 Å². The minimum atomic E-state index is -1.13. The van der Waals surface area contributed by atoms with Crippen LogP contribution in [0.2, 0.25) is 0 Å². The van der Waals surface area contributed by atoms with Crippen molar-refractivity contribution in [1.29, 1.82) is 0 Å². The van der Waals surface area contributed by atoms with Crippen LogP contribution in [0.15, 0.2) is 42.5 Å². The summed E-state index contributed by atoms with van der Waals surface area (Å²) in [4.78, 5) is 22.9. The first-order valence-corrected chi connectivity index (χ1v) is 8.76. The summed E-state index contributed by atoms with van der Waals surface area (Å²) < 4.78 is 6.73. The number of anilines is 2. The molecule has 2 aromatic carbocycles. The summed E-state index contributed by atoms with van der Waals surface area (Å²) in [5, 5.41) is 24.9. The number of aromatic nitrogens is 1. The molecule has 8 heteroatoms. The highest BCUT2D eigenvalue weighted by molar-refractivity contribution is 6.04. The number of hydrogen-bond donors (Lipinski definition) is 2. The summed E-state index contributed by atoms with van der Waals surface area (Å²) in [7, 11) is 1.56. The zero-order valence-corrected chi connectivity index (χ0v) is 15.8. The maximum absolute atomic E-state index is 11.8. The number of carboxylic acid groups (broad SMARTS) is 1. The lowest BCUT2D eigenvalue weighted by molar-refractivity contribution is -0.383. The third-order valence-corrected chi connectivity index (χ3v) is 4.35. The van der Waals surface area contributed by atoms with E-state index in [-0.39, 0.29) is 17.3 Å². The number of ether oxygens (including phenoxy) is 1. The van der Waals surface area contributed by atoms with Crippen LogP contribution in [0, 0.1) is 16.0 Å². The van der Waals surface area contributed by atoms with Crippen molar-refractivity contribution in [2.75, 3.05) is 12.4 Å². The molecule has 0 radical (unpaired) electrons. The summed E-state index contributed by atoms with van der Waals surface area (Å²) in [5.41, 5.74) is 1.50. The van der Waals surface area contributed by atoms with Gasteiger partial charge in [-0.2, -0.15) is 0 Å². The first-order chi connectivity index (χ1) is 13.3. The highest BCUT2D eigenvalue weighted by atomic mass is 16.6. The van der Waals surface area contributed by atoms with Gasteiger partial charge >= 0.3 is 5.97 Å². The van der Waals surface area contributed by atoms with Crippen molar-refractivity contribution < 1.29 is 19.6 Å². The number of nitrogens with zero attached hydrogens (tertiary/aromatic N) is 2. The number of carbonyl (C=O) groups is 1. The Morgan fingerprint density at radius 1 is 1.29 bits per heavy atom. The maximum Gasteiger partial charge on any atom is 0.352 e. The van der Waals surface area contributed by atoms with Crippen LogP contribution in [0.4, 0.5) is 17.1 Å². The molecule has 1 heterocycles. The minimum Gasteiger partial charge on any atom is -0.497 e. The Hall–Kier alpha value is -3.55. The van der Waals surface area contributed by atoms with Crippen LogP contribution in [-0.2, 0) is 6.54 Å². The van der Waals surface area contributed by atoms with E-state index in [0.29, 0.717) is 28.9 Å². The molecule has 28 heavy (non-hydrogen) atoms. The fraction of sp³-hybridized carbons (Fsp3) is 0.250. The van der Waals surface area contributed by atoms with Gasteiger partial charge < -0.3 is 19.7 Å². The fourth-order valence-corrected chi connectivity index (χ4v) is 3.21. The molecule has 3 aromatic rings. The van der Waals surface area contributed by atoms with Crippen molar-refractivity contribution in [2.24, 2.45) is 5.92 Å². The van der Waals surface area contributed by atoms with Gasteiger partial charge in [0.05, 0.1) is 12.0 Å².